The number of fused-ring (bicyclic) bond motifs is 6. The van der Waals surface area contributed by atoms with Crippen molar-refractivity contribution in [2.75, 3.05) is 0 Å². The number of hydrogen-bond donors (Lipinski definition) is 0. The van der Waals surface area contributed by atoms with E-state index in [0.29, 0.717) is 0 Å². The van der Waals surface area contributed by atoms with Crippen LogP contribution in [0, 0.1) is 0 Å². The zero-order valence-corrected chi connectivity index (χ0v) is 22.1. The monoisotopic (exact) mass is 568 g/mol. The number of hydrogen-bond acceptors (Lipinski definition) is 0. The van der Waals surface area contributed by atoms with Gasteiger partial charge in [-0.05, 0) is 0 Å². The first kappa shape index (κ1) is 18.7. The Morgan fingerprint density at radius 1 is 0.533 bits per heavy atom. The molecule has 0 aliphatic heterocycles. The molecule has 6 rings (SSSR count). The third-order valence-electron chi connectivity index (χ3n) is 6.74. The Balaban J connectivity index is 1.56. The van der Waals surface area contributed by atoms with Gasteiger partial charge in [0.2, 0.25) is 0 Å². The Kier molecular flexibility index (Phi) is 4.54. The third kappa shape index (κ3) is 2.80. The first-order valence-electron chi connectivity index (χ1n) is 10.8. The minimum absolute atomic E-state index is 0.379. The molecule has 0 atom stereocenters. The fraction of sp³-hybridized carbons (Fsp3) is 0.143. The fourth-order valence-electron chi connectivity index (χ4n) is 5.47. The molecule has 0 saturated carbocycles. The van der Waals surface area contributed by atoms with Gasteiger partial charge in [0, 0.05) is 0 Å². The molecule has 0 spiro atoms. The summed E-state index contributed by atoms with van der Waals surface area (Å²) in [5.74, 6) is 0. The van der Waals surface area contributed by atoms with Crippen LogP contribution in [0.1, 0.15) is 22.3 Å². The SMILES string of the molecule is C[Si](C)=[Hf]([c]1cccc2c1Cc1ccccc1-2)[c]1cccc2c1Cc1ccccc1-2. The standard InChI is InChI=1S/2C13H9.C2H6Si.Hf/c2*1-3-7-12-10(5-1)9-11-6-2-4-8-13(11)12;1-3-2;/h2*1-5,7-8H,9H2;1-2H3;. The molecule has 0 N–H and O–H groups in total. The van der Waals surface area contributed by atoms with Crippen LogP contribution in [0.5, 0.6) is 0 Å². The van der Waals surface area contributed by atoms with E-state index < -0.39 is 20.1 Å². The van der Waals surface area contributed by atoms with Gasteiger partial charge in [-0.15, -0.1) is 0 Å². The molecule has 0 nitrogen and oxygen atoms in total. The minimum atomic E-state index is -2.23. The van der Waals surface area contributed by atoms with Crippen molar-refractivity contribution in [3.8, 4) is 22.3 Å². The molecule has 0 aromatic heterocycles. The first-order valence-corrected chi connectivity index (χ1v) is 22.3. The van der Waals surface area contributed by atoms with E-state index in [-0.39, 0.29) is 5.49 Å². The molecule has 0 bridgehead atoms. The van der Waals surface area contributed by atoms with E-state index in [0.717, 1.165) is 12.8 Å². The van der Waals surface area contributed by atoms with E-state index >= 15 is 0 Å². The van der Waals surface area contributed by atoms with Crippen LogP contribution in [-0.2, 0) is 32.9 Å². The van der Waals surface area contributed by atoms with Gasteiger partial charge in [0.1, 0.15) is 0 Å². The van der Waals surface area contributed by atoms with Crippen LogP contribution in [0.3, 0.4) is 0 Å². The molecule has 2 aliphatic rings. The zero-order chi connectivity index (χ0) is 20.2. The molecule has 4 aromatic rings. The molecule has 0 fully saturated rings. The average Bonchev–Trinajstić information content (AvgIpc) is 3.33. The molecule has 0 amide bonds. The predicted octanol–water partition coefficient (Wildman–Crippen LogP) is 5.65. The summed E-state index contributed by atoms with van der Waals surface area (Å²) >= 11 is -2.23. The van der Waals surface area contributed by atoms with Gasteiger partial charge in [-0.25, -0.2) is 0 Å². The van der Waals surface area contributed by atoms with Crippen molar-refractivity contribution < 1.29 is 20.1 Å². The Morgan fingerprint density at radius 3 is 1.43 bits per heavy atom. The summed E-state index contributed by atoms with van der Waals surface area (Å²) in [6.45, 7) is 5.16. The number of rotatable bonds is 2. The number of benzene rings is 4. The van der Waals surface area contributed by atoms with Gasteiger partial charge in [0.15, 0.2) is 0 Å². The second-order valence-corrected chi connectivity index (χ2v) is 32.1. The predicted molar refractivity (Wildman–Crippen MR) is 126 cm³/mol. The van der Waals surface area contributed by atoms with Crippen molar-refractivity contribution in [2.45, 2.75) is 25.9 Å². The summed E-state index contributed by atoms with van der Waals surface area (Å²) in [6.07, 6.45) is 2.25. The summed E-state index contributed by atoms with van der Waals surface area (Å²) < 4.78 is 3.55. The Hall–Kier alpha value is -2.03. The van der Waals surface area contributed by atoms with Gasteiger partial charge in [0.25, 0.3) is 0 Å². The van der Waals surface area contributed by atoms with Crippen LogP contribution < -0.4 is 6.64 Å². The molecule has 2 aliphatic carbocycles. The average molecular weight is 567 g/mol. The molecule has 0 heterocycles. The molecule has 30 heavy (non-hydrogen) atoms. The third-order valence-corrected chi connectivity index (χ3v) is 30.2. The van der Waals surface area contributed by atoms with Crippen molar-refractivity contribution in [1.82, 2.24) is 0 Å². The van der Waals surface area contributed by atoms with E-state index in [9.17, 15) is 0 Å². The Bertz CT molecular complexity index is 1260. The maximum absolute atomic E-state index is 2.58. The van der Waals surface area contributed by atoms with E-state index in [1.807, 2.05) is 0 Å². The van der Waals surface area contributed by atoms with Crippen molar-refractivity contribution >= 4 is 12.1 Å². The molecular weight excluding hydrogens is 543 g/mol. The summed E-state index contributed by atoms with van der Waals surface area (Å²) in [7, 11) is 0. The van der Waals surface area contributed by atoms with Crippen LogP contribution in [-0.4, -0.2) is 5.49 Å². The second-order valence-electron chi connectivity index (χ2n) is 8.71. The molecule has 0 radical (unpaired) electrons. The van der Waals surface area contributed by atoms with Gasteiger partial charge in [-0.1, -0.05) is 0 Å². The van der Waals surface area contributed by atoms with E-state index in [1.54, 1.807) is 17.8 Å². The summed E-state index contributed by atoms with van der Waals surface area (Å²) in [5, 5.41) is 0. The Morgan fingerprint density at radius 2 is 0.967 bits per heavy atom. The van der Waals surface area contributed by atoms with Crippen LogP contribution in [0.15, 0.2) is 84.9 Å². The van der Waals surface area contributed by atoms with Crippen molar-refractivity contribution in [1.29, 1.82) is 0 Å². The van der Waals surface area contributed by atoms with E-state index in [2.05, 4.69) is 98.0 Å². The van der Waals surface area contributed by atoms with E-state index in [4.69, 9.17) is 0 Å². The quantitative estimate of drug-likeness (QED) is 0.238. The van der Waals surface area contributed by atoms with Crippen molar-refractivity contribution in [3.63, 3.8) is 0 Å². The summed E-state index contributed by atoms with van der Waals surface area (Å²) in [4.78, 5) is 0. The van der Waals surface area contributed by atoms with E-state index in [1.165, 1.54) is 33.4 Å². The van der Waals surface area contributed by atoms with Gasteiger partial charge in [-0.3, -0.25) is 0 Å². The maximum atomic E-state index is 2.58. The van der Waals surface area contributed by atoms with Crippen molar-refractivity contribution in [2.24, 2.45) is 0 Å². The summed E-state index contributed by atoms with van der Waals surface area (Å²) in [6, 6.07) is 32.5. The molecule has 2 heteroatoms. The van der Waals surface area contributed by atoms with Gasteiger partial charge in [-0.2, -0.15) is 0 Å². The fourth-order valence-corrected chi connectivity index (χ4v) is 28.7. The van der Waals surface area contributed by atoms with Gasteiger partial charge >= 0.3 is 188 Å². The Labute approximate surface area is 186 Å². The molecule has 0 unspecified atom stereocenters. The topological polar surface area (TPSA) is 0 Å². The summed E-state index contributed by atoms with van der Waals surface area (Å²) in [5.41, 5.74) is 11.9. The van der Waals surface area contributed by atoms with Gasteiger partial charge < -0.3 is 0 Å². The normalized spacial score (nSPS) is 12.7. The van der Waals surface area contributed by atoms with Crippen LogP contribution >= 0.6 is 0 Å². The zero-order valence-electron chi connectivity index (χ0n) is 17.5. The second kappa shape index (κ2) is 7.28. The van der Waals surface area contributed by atoms with Crippen LogP contribution in [0.4, 0.5) is 0 Å². The molecule has 144 valence electrons. The first-order chi connectivity index (χ1) is 14.7. The van der Waals surface area contributed by atoms with Crippen molar-refractivity contribution in [3.05, 3.63) is 107 Å². The molecule has 4 aromatic carbocycles. The van der Waals surface area contributed by atoms with Crippen LogP contribution in [0.2, 0.25) is 13.1 Å². The van der Waals surface area contributed by atoms with Crippen LogP contribution in [0.25, 0.3) is 22.3 Å². The molecular formula is C28H24HfSi. The van der Waals surface area contributed by atoms with Gasteiger partial charge in [0.05, 0.1) is 0 Å². The molecule has 0 saturated heterocycles.